The van der Waals surface area contributed by atoms with Crippen LogP contribution in [0.5, 0.6) is 0 Å². The monoisotopic (exact) mass is 273 g/mol. The lowest BCUT2D eigenvalue weighted by molar-refractivity contribution is 0.826. The Morgan fingerprint density at radius 1 is 1.21 bits per heavy atom. The molecule has 0 aliphatic rings. The minimum atomic E-state index is 0.0303. The van der Waals surface area contributed by atoms with Gasteiger partial charge in [0.05, 0.1) is 6.20 Å². The first-order valence-electron chi connectivity index (χ1n) is 6.53. The van der Waals surface area contributed by atoms with E-state index in [0.717, 1.165) is 17.2 Å². The van der Waals surface area contributed by atoms with Gasteiger partial charge in [-0.3, -0.25) is 4.98 Å². The van der Waals surface area contributed by atoms with Crippen molar-refractivity contribution in [1.82, 2.24) is 9.97 Å². The molecule has 0 aliphatic carbocycles. The molecule has 0 saturated heterocycles. The van der Waals surface area contributed by atoms with Crippen LogP contribution in [0.4, 0.5) is 0 Å². The lowest BCUT2D eigenvalue weighted by Gasteiger charge is -2.11. The zero-order valence-electron chi connectivity index (χ0n) is 11.1. The normalized spacial score (nSPS) is 12.3. The van der Waals surface area contributed by atoms with Crippen molar-refractivity contribution in [2.24, 2.45) is 5.73 Å². The molecule has 100 valence electrons. The molecule has 4 heteroatoms. The van der Waals surface area contributed by atoms with Crippen LogP contribution in [0.3, 0.4) is 0 Å². The summed E-state index contributed by atoms with van der Waals surface area (Å²) < 4.78 is 0. The highest BCUT2D eigenvalue weighted by molar-refractivity contribution is 7.99. The molecule has 0 saturated carbocycles. The molecule has 2 aromatic rings. The molecule has 0 fully saturated rings. The van der Waals surface area contributed by atoms with E-state index >= 15 is 0 Å². The molecule has 0 bridgehead atoms. The number of rotatable bonds is 6. The molecule has 2 rings (SSSR count). The molecule has 3 nitrogen and oxygen atoms in total. The van der Waals surface area contributed by atoms with Gasteiger partial charge < -0.3 is 5.73 Å². The van der Waals surface area contributed by atoms with Crippen molar-refractivity contribution in [3.63, 3.8) is 0 Å². The summed E-state index contributed by atoms with van der Waals surface area (Å²) in [5.41, 5.74) is 8.75. The average molecular weight is 273 g/mol. The van der Waals surface area contributed by atoms with E-state index in [-0.39, 0.29) is 6.04 Å². The van der Waals surface area contributed by atoms with Gasteiger partial charge in [0.15, 0.2) is 0 Å². The summed E-state index contributed by atoms with van der Waals surface area (Å²) in [5.74, 6) is 0.811. The molecule has 0 amide bonds. The lowest BCUT2D eigenvalue weighted by atomic mass is 10.0. The minimum Gasteiger partial charge on any atom is -0.323 e. The van der Waals surface area contributed by atoms with Crippen LogP contribution in [-0.4, -0.2) is 15.7 Å². The molecule has 1 aromatic carbocycles. The van der Waals surface area contributed by atoms with Gasteiger partial charge in [-0.15, -0.1) is 11.8 Å². The van der Waals surface area contributed by atoms with Crippen LogP contribution in [0.15, 0.2) is 47.9 Å². The summed E-state index contributed by atoms with van der Waals surface area (Å²) in [6.45, 7) is 2.19. The summed E-state index contributed by atoms with van der Waals surface area (Å²) in [4.78, 5) is 8.27. The second-order valence-corrected chi connectivity index (χ2v) is 5.49. The first-order valence-corrected chi connectivity index (χ1v) is 7.51. The maximum Gasteiger partial charge on any atom is 0.114 e. The third-order valence-corrected chi connectivity index (χ3v) is 3.93. The molecular weight excluding hydrogens is 254 g/mol. The zero-order valence-corrected chi connectivity index (χ0v) is 11.9. The van der Waals surface area contributed by atoms with Crippen LogP contribution in [0.1, 0.15) is 30.5 Å². The topological polar surface area (TPSA) is 51.8 Å². The Balaban J connectivity index is 1.90. The van der Waals surface area contributed by atoms with Crippen LogP contribution in [0, 0.1) is 0 Å². The van der Waals surface area contributed by atoms with Crippen LogP contribution in [-0.2, 0) is 6.42 Å². The van der Waals surface area contributed by atoms with Gasteiger partial charge in [-0.1, -0.05) is 37.6 Å². The summed E-state index contributed by atoms with van der Waals surface area (Å²) in [5, 5.41) is 0.917. The second-order valence-electron chi connectivity index (χ2n) is 4.45. The predicted molar refractivity (Wildman–Crippen MR) is 80.1 cm³/mol. The van der Waals surface area contributed by atoms with Crippen molar-refractivity contribution in [3.05, 3.63) is 54.0 Å². The van der Waals surface area contributed by atoms with Gasteiger partial charge >= 0.3 is 0 Å². The summed E-state index contributed by atoms with van der Waals surface area (Å²) in [7, 11) is 0. The van der Waals surface area contributed by atoms with Gasteiger partial charge in [0.25, 0.3) is 0 Å². The molecule has 19 heavy (non-hydrogen) atoms. The van der Waals surface area contributed by atoms with E-state index in [1.54, 1.807) is 30.4 Å². The van der Waals surface area contributed by atoms with E-state index in [1.165, 1.54) is 17.5 Å². The van der Waals surface area contributed by atoms with Crippen molar-refractivity contribution < 1.29 is 0 Å². The Kier molecular flexibility index (Phi) is 5.36. The van der Waals surface area contributed by atoms with E-state index in [4.69, 9.17) is 5.73 Å². The van der Waals surface area contributed by atoms with Crippen molar-refractivity contribution >= 4 is 11.8 Å². The lowest BCUT2D eigenvalue weighted by Crippen LogP contribution is -2.13. The number of benzene rings is 1. The fraction of sp³-hybridized carbons (Fsp3) is 0.333. The Morgan fingerprint density at radius 2 is 2.00 bits per heavy atom. The quantitative estimate of drug-likeness (QED) is 0.821. The predicted octanol–water partition coefficient (Wildman–Crippen LogP) is 3.22. The average Bonchev–Trinajstić information content (AvgIpc) is 2.47. The summed E-state index contributed by atoms with van der Waals surface area (Å²) in [6.07, 6.45) is 7.45. The molecule has 0 aliphatic heterocycles. The minimum absolute atomic E-state index is 0.0303. The maximum atomic E-state index is 6.20. The highest BCUT2D eigenvalue weighted by atomic mass is 32.2. The summed E-state index contributed by atoms with van der Waals surface area (Å²) in [6, 6.07) is 8.64. The standard InChI is InChI=1S/C15H19N3S/c1-2-3-12-4-6-13(7-5-12)14(16)11-19-15-10-17-8-9-18-15/h4-10,14H,2-3,11,16H2,1H3. The second kappa shape index (κ2) is 7.26. The van der Waals surface area contributed by atoms with Gasteiger partial charge in [0.2, 0.25) is 0 Å². The highest BCUT2D eigenvalue weighted by Crippen LogP contribution is 2.21. The fourth-order valence-corrected chi connectivity index (χ4v) is 2.67. The van der Waals surface area contributed by atoms with E-state index in [0.29, 0.717) is 0 Å². The van der Waals surface area contributed by atoms with Crippen molar-refractivity contribution in [1.29, 1.82) is 0 Å². The number of hydrogen-bond acceptors (Lipinski definition) is 4. The SMILES string of the molecule is CCCc1ccc(C(N)CSc2cnccn2)cc1. The maximum absolute atomic E-state index is 6.20. The Bertz CT molecular complexity index is 485. The van der Waals surface area contributed by atoms with Gasteiger partial charge in [-0.25, -0.2) is 4.98 Å². The number of thioether (sulfide) groups is 1. The first-order chi connectivity index (χ1) is 9.29. The molecule has 1 heterocycles. The highest BCUT2D eigenvalue weighted by Gasteiger charge is 2.07. The molecular formula is C15H19N3S. The van der Waals surface area contributed by atoms with Gasteiger partial charge in [-0.05, 0) is 17.5 Å². The Morgan fingerprint density at radius 3 is 2.63 bits per heavy atom. The van der Waals surface area contributed by atoms with E-state index in [9.17, 15) is 0 Å². The molecule has 1 unspecified atom stereocenters. The first kappa shape index (κ1) is 14.0. The third-order valence-electron chi connectivity index (χ3n) is 2.90. The van der Waals surface area contributed by atoms with E-state index < -0.39 is 0 Å². The number of aryl methyl sites for hydroxylation is 1. The summed E-state index contributed by atoms with van der Waals surface area (Å²) >= 11 is 1.64. The van der Waals surface area contributed by atoms with Crippen molar-refractivity contribution in [3.8, 4) is 0 Å². The van der Waals surface area contributed by atoms with Crippen molar-refractivity contribution in [2.45, 2.75) is 30.8 Å². The van der Waals surface area contributed by atoms with Crippen LogP contribution in [0.2, 0.25) is 0 Å². The number of nitrogens with two attached hydrogens (primary N) is 1. The number of aromatic nitrogens is 2. The molecule has 0 spiro atoms. The Hall–Kier alpha value is -1.39. The Labute approximate surface area is 118 Å². The third kappa shape index (κ3) is 4.33. The number of nitrogens with zero attached hydrogens (tertiary/aromatic N) is 2. The molecule has 1 aromatic heterocycles. The van der Waals surface area contributed by atoms with E-state index in [2.05, 4.69) is 41.2 Å². The van der Waals surface area contributed by atoms with Crippen LogP contribution < -0.4 is 5.73 Å². The molecule has 2 N–H and O–H groups in total. The zero-order chi connectivity index (χ0) is 13.5. The molecule has 0 radical (unpaired) electrons. The molecule has 1 atom stereocenters. The van der Waals surface area contributed by atoms with Crippen molar-refractivity contribution in [2.75, 3.05) is 5.75 Å². The smallest absolute Gasteiger partial charge is 0.114 e. The van der Waals surface area contributed by atoms with Gasteiger partial charge in [-0.2, -0.15) is 0 Å². The van der Waals surface area contributed by atoms with Crippen LogP contribution in [0.25, 0.3) is 0 Å². The van der Waals surface area contributed by atoms with Gasteiger partial charge in [0.1, 0.15) is 5.03 Å². The van der Waals surface area contributed by atoms with Gasteiger partial charge in [0, 0.05) is 24.2 Å². The number of hydrogen-bond donors (Lipinski definition) is 1. The fourth-order valence-electron chi connectivity index (χ4n) is 1.85. The van der Waals surface area contributed by atoms with E-state index in [1.807, 2.05) is 0 Å². The largest absolute Gasteiger partial charge is 0.323 e. The van der Waals surface area contributed by atoms with Crippen LogP contribution >= 0.6 is 11.8 Å².